The molecule has 0 bridgehead atoms. The van der Waals surface area contributed by atoms with E-state index in [9.17, 15) is 4.79 Å². The van der Waals surface area contributed by atoms with Crippen LogP contribution in [0.1, 0.15) is 21.6 Å². The highest BCUT2D eigenvalue weighted by Gasteiger charge is 2.09. The highest BCUT2D eigenvalue weighted by molar-refractivity contribution is 6.33. The molecule has 0 aliphatic heterocycles. The first-order valence-electron chi connectivity index (χ1n) is 7.36. The van der Waals surface area contributed by atoms with Gasteiger partial charge in [-0.2, -0.15) is 0 Å². The van der Waals surface area contributed by atoms with Gasteiger partial charge in [-0.3, -0.25) is 4.99 Å². The molecule has 5 heteroatoms. The van der Waals surface area contributed by atoms with Crippen molar-refractivity contribution in [1.29, 1.82) is 0 Å². The highest BCUT2D eigenvalue weighted by Crippen LogP contribution is 2.23. The monoisotopic (exact) mass is 338 g/mol. The second-order valence-electron chi connectivity index (χ2n) is 5.35. The predicted molar refractivity (Wildman–Crippen MR) is 96.2 cm³/mol. The maximum atomic E-state index is 11.1. The zero-order valence-corrected chi connectivity index (χ0v) is 13.7. The summed E-state index contributed by atoms with van der Waals surface area (Å²) < 4.78 is 2.08. The van der Waals surface area contributed by atoms with Gasteiger partial charge in [-0.15, -0.1) is 0 Å². The molecule has 0 unspecified atom stereocenters. The third-order valence-electron chi connectivity index (χ3n) is 3.61. The molecule has 24 heavy (non-hydrogen) atoms. The van der Waals surface area contributed by atoms with Crippen molar-refractivity contribution in [3.8, 4) is 5.69 Å². The number of benzene rings is 2. The quantitative estimate of drug-likeness (QED) is 0.689. The van der Waals surface area contributed by atoms with E-state index in [2.05, 4.69) is 9.56 Å². The molecular weight excluding hydrogens is 324 g/mol. The molecule has 0 amide bonds. The van der Waals surface area contributed by atoms with E-state index in [-0.39, 0.29) is 10.6 Å². The van der Waals surface area contributed by atoms with Crippen LogP contribution in [-0.2, 0) is 0 Å². The molecule has 2 aromatic carbocycles. The Balaban J connectivity index is 1.88. The highest BCUT2D eigenvalue weighted by atomic mass is 35.5. The summed E-state index contributed by atoms with van der Waals surface area (Å²) in [5.74, 6) is -1.07. The van der Waals surface area contributed by atoms with E-state index in [1.807, 2.05) is 49.5 Å². The largest absolute Gasteiger partial charge is 0.478 e. The molecule has 0 fully saturated rings. The molecule has 0 aliphatic rings. The zero-order chi connectivity index (χ0) is 17.1. The van der Waals surface area contributed by atoms with Gasteiger partial charge < -0.3 is 9.67 Å². The van der Waals surface area contributed by atoms with Crippen LogP contribution in [0.3, 0.4) is 0 Å². The van der Waals surface area contributed by atoms with E-state index in [4.69, 9.17) is 16.7 Å². The van der Waals surface area contributed by atoms with Gasteiger partial charge in [0.2, 0.25) is 0 Å². The van der Waals surface area contributed by atoms with Gasteiger partial charge in [-0.25, -0.2) is 4.79 Å². The number of hydrogen-bond acceptors (Lipinski definition) is 2. The number of halogens is 1. The SMILES string of the molecule is Cc1cc(C=Nc2ccc(Cl)c(C(=O)O)c2)cn1-c1ccccc1. The van der Waals surface area contributed by atoms with E-state index in [0.29, 0.717) is 5.69 Å². The molecule has 0 spiro atoms. The summed E-state index contributed by atoms with van der Waals surface area (Å²) in [7, 11) is 0. The first kappa shape index (κ1) is 16.0. The van der Waals surface area contributed by atoms with E-state index in [1.54, 1.807) is 12.3 Å². The van der Waals surface area contributed by atoms with Crippen LogP contribution in [0.15, 0.2) is 65.8 Å². The van der Waals surface area contributed by atoms with Gasteiger partial charge in [0.15, 0.2) is 0 Å². The van der Waals surface area contributed by atoms with Crippen LogP contribution in [0.4, 0.5) is 5.69 Å². The minimum absolute atomic E-state index is 0.0457. The van der Waals surface area contributed by atoms with E-state index >= 15 is 0 Å². The summed E-state index contributed by atoms with van der Waals surface area (Å²) in [6.07, 6.45) is 3.70. The maximum absolute atomic E-state index is 11.1. The molecule has 1 N–H and O–H groups in total. The summed E-state index contributed by atoms with van der Waals surface area (Å²) in [5, 5.41) is 9.30. The second kappa shape index (κ2) is 6.72. The van der Waals surface area contributed by atoms with Crippen LogP contribution >= 0.6 is 11.6 Å². The third kappa shape index (κ3) is 3.39. The topological polar surface area (TPSA) is 54.6 Å². The van der Waals surface area contributed by atoms with Gasteiger partial charge in [-0.05, 0) is 43.3 Å². The Morgan fingerprint density at radius 3 is 2.62 bits per heavy atom. The molecule has 0 aliphatic carbocycles. The Bertz CT molecular complexity index is 914. The van der Waals surface area contributed by atoms with Crippen molar-refractivity contribution in [1.82, 2.24) is 4.57 Å². The summed E-state index contributed by atoms with van der Waals surface area (Å²) in [6.45, 7) is 2.02. The molecule has 120 valence electrons. The smallest absolute Gasteiger partial charge is 0.337 e. The fraction of sp³-hybridized carbons (Fsp3) is 0.0526. The number of hydrogen-bond donors (Lipinski definition) is 1. The molecule has 4 nitrogen and oxygen atoms in total. The molecule has 3 aromatic rings. The zero-order valence-electron chi connectivity index (χ0n) is 13.0. The Labute approximate surface area is 144 Å². The number of para-hydroxylation sites is 1. The first-order valence-corrected chi connectivity index (χ1v) is 7.74. The Hall–Kier alpha value is -2.85. The van der Waals surface area contributed by atoms with Crippen molar-refractivity contribution in [3.05, 3.63) is 82.6 Å². The van der Waals surface area contributed by atoms with E-state index < -0.39 is 5.97 Å². The lowest BCUT2D eigenvalue weighted by molar-refractivity contribution is 0.0697. The Morgan fingerprint density at radius 2 is 1.92 bits per heavy atom. The number of aromatic carboxylic acids is 1. The number of carbonyl (C=O) groups is 1. The number of aryl methyl sites for hydroxylation is 1. The summed E-state index contributed by atoms with van der Waals surface area (Å²) in [4.78, 5) is 15.5. The summed E-state index contributed by atoms with van der Waals surface area (Å²) in [6, 6.07) is 16.7. The van der Waals surface area contributed by atoms with E-state index in [1.165, 1.54) is 12.1 Å². The number of rotatable bonds is 4. The fourth-order valence-electron chi connectivity index (χ4n) is 2.44. The fourth-order valence-corrected chi connectivity index (χ4v) is 2.64. The molecular formula is C19H15ClN2O2. The van der Waals surface area contributed by atoms with Crippen LogP contribution < -0.4 is 0 Å². The van der Waals surface area contributed by atoms with Crippen LogP contribution in [0.2, 0.25) is 5.02 Å². The first-order chi connectivity index (χ1) is 11.5. The van der Waals surface area contributed by atoms with Crippen molar-refractivity contribution >= 4 is 29.5 Å². The van der Waals surface area contributed by atoms with Crippen molar-refractivity contribution in [3.63, 3.8) is 0 Å². The predicted octanol–water partition coefficient (Wildman–Crippen LogP) is 4.89. The lowest BCUT2D eigenvalue weighted by Gasteiger charge is -2.04. The van der Waals surface area contributed by atoms with E-state index in [0.717, 1.165) is 16.9 Å². The minimum atomic E-state index is -1.07. The number of aliphatic imine (C=N–C) groups is 1. The average molecular weight is 339 g/mol. The van der Waals surface area contributed by atoms with Gasteiger partial charge in [-0.1, -0.05) is 29.8 Å². The number of aromatic nitrogens is 1. The van der Waals surface area contributed by atoms with Crippen LogP contribution in [-0.4, -0.2) is 21.9 Å². The lowest BCUT2D eigenvalue weighted by Crippen LogP contribution is -1.96. The van der Waals surface area contributed by atoms with Gasteiger partial charge >= 0.3 is 5.97 Å². The van der Waals surface area contributed by atoms with Crippen molar-refractivity contribution in [2.45, 2.75) is 6.92 Å². The lowest BCUT2D eigenvalue weighted by atomic mass is 10.2. The van der Waals surface area contributed by atoms with Crippen molar-refractivity contribution in [2.24, 2.45) is 4.99 Å². The van der Waals surface area contributed by atoms with Gasteiger partial charge in [0, 0.05) is 29.4 Å². The molecule has 0 saturated heterocycles. The van der Waals surface area contributed by atoms with Gasteiger partial charge in [0.1, 0.15) is 0 Å². The van der Waals surface area contributed by atoms with Gasteiger partial charge in [0.05, 0.1) is 16.3 Å². The molecule has 0 radical (unpaired) electrons. The second-order valence-corrected chi connectivity index (χ2v) is 5.76. The van der Waals surface area contributed by atoms with Crippen LogP contribution in [0, 0.1) is 6.92 Å². The Morgan fingerprint density at radius 1 is 1.17 bits per heavy atom. The average Bonchev–Trinajstić information content (AvgIpc) is 2.95. The van der Waals surface area contributed by atoms with Crippen LogP contribution in [0.5, 0.6) is 0 Å². The third-order valence-corrected chi connectivity index (χ3v) is 3.94. The van der Waals surface area contributed by atoms with Gasteiger partial charge in [0.25, 0.3) is 0 Å². The number of nitrogens with zero attached hydrogens (tertiary/aromatic N) is 2. The minimum Gasteiger partial charge on any atom is -0.478 e. The van der Waals surface area contributed by atoms with Crippen molar-refractivity contribution < 1.29 is 9.90 Å². The Kier molecular flexibility index (Phi) is 4.49. The molecule has 1 heterocycles. The molecule has 3 rings (SSSR count). The summed E-state index contributed by atoms with van der Waals surface area (Å²) >= 11 is 5.86. The number of carboxylic acid groups (broad SMARTS) is 1. The molecule has 0 saturated carbocycles. The standard InChI is InChI=1S/C19H15ClN2O2/c1-13-9-14(12-22(13)16-5-3-2-4-6-16)11-21-15-7-8-18(20)17(10-15)19(23)24/h2-12H,1H3,(H,23,24). The van der Waals surface area contributed by atoms with Crippen molar-refractivity contribution in [2.75, 3.05) is 0 Å². The van der Waals surface area contributed by atoms with Crippen LogP contribution in [0.25, 0.3) is 5.69 Å². The molecule has 1 aromatic heterocycles. The molecule has 0 atom stereocenters. The summed E-state index contributed by atoms with van der Waals surface area (Å²) in [5.41, 5.74) is 3.69. The normalized spacial score (nSPS) is 11.1. The maximum Gasteiger partial charge on any atom is 0.337 e. The number of carboxylic acids is 1.